The molecule has 0 aliphatic rings. The Morgan fingerprint density at radius 1 is 1.07 bits per heavy atom. The van der Waals surface area contributed by atoms with Gasteiger partial charge in [0, 0.05) is 50.2 Å². The smallest absolute Gasteiger partial charge is 0.251 e. The molecule has 2 aromatic heterocycles. The Labute approximate surface area is 164 Å². The molecule has 2 heterocycles. The van der Waals surface area contributed by atoms with Gasteiger partial charge in [0.25, 0.3) is 5.91 Å². The van der Waals surface area contributed by atoms with E-state index in [-0.39, 0.29) is 5.91 Å². The summed E-state index contributed by atoms with van der Waals surface area (Å²) in [5, 5.41) is 10.5. The Morgan fingerprint density at radius 2 is 1.82 bits per heavy atom. The van der Waals surface area contributed by atoms with Gasteiger partial charge in [0.2, 0.25) is 0 Å². The first kappa shape index (κ1) is 19.3. The molecule has 0 aliphatic carbocycles. The number of carbonyl (C=O) groups is 1. The molecule has 28 heavy (non-hydrogen) atoms. The van der Waals surface area contributed by atoms with Crippen molar-refractivity contribution < 1.29 is 4.79 Å². The second-order valence-electron chi connectivity index (χ2n) is 6.72. The molecule has 0 radical (unpaired) electrons. The summed E-state index contributed by atoms with van der Waals surface area (Å²) in [7, 11) is 3.93. The predicted molar refractivity (Wildman–Crippen MR) is 110 cm³/mol. The van der Waals surface area contributed by atoms with Crippen molar-refractivity contribution in [3.63, 3.8) is 0 Å². The van der Waals surface area contributed by atoms with Gasteiger partial charge in [-0.15, -0.1) is 0 Å². The summed E-state index contributed by atoms with van der Waals surface area (Å²) in [4.78, 5) is 22.7. The van der Waals surface area contributed by atoms with Gasteiger partial charge < -0.3 is 15.5 Å². The van der Waals surface area contributed by atoms with Gasteiger partial charge in [-0.1, -0.05) is 0 Å². The standard InChI is InChI=1S/C20H25N7O/c1-14-11-15(2)27(25-14)19-12-18(23-13-24-19)21-9-10-22-20(28)16-5-7-17(8-6-16)26(3)4/h5-8,11-13H,9-10H2,1-4H3,(H,22,28)(H,21,23,24). The molecular weight excluding hydrogens is 354 g/mol. The second-order valence-corrected chi connectivity index (χ2v) is 6.72. The summed E-state index contributed by atoms with van der Waals surface area (Å²) >= 11 is 0. The zero-order valence-electron chi connectivity index (χ0n) is 16.6. The Balaban J connectivity index is 1.52. The monoisotopic (exact) mass is 379 g/mol. The van der Waals surface area contributed by atoms with Crippen molar-refractivity contribution in [3.8, 4) is 5.82 Å². The van der Waals surface area contributed by atoms with E-state index in [4.69, 9.17) is 0 Å². The van der Waals surface area contributed by atoms with E-state index in [9.17, 15) is 4.79 Å². The predicted octanol–water partition coefficient (Wildman–Crippen LogP) is 2.19. The first-order valence-corrected chi connectivity index (χ1v) is 9.09. The van der Waals surface area contributed by atoms with Crippen molar-refractivity contribution in [2.24, 2.45) is 0 Å². The number of amides is 1. The minimum atomic E-state index is -0.0990. The van der Waals surface area contributed by atoms with Gasteiger partial charge in [-0.3, -0.25) is 4.79 Å². The van der Waals surface area contributed by atoms with Gasteiger partial charge in [-0.05, 0) is 44.2 Å². The topological polar surface area (TPSA) is 88.0 Å². The minimum absolute atomic E-state index is 0.0990. The van der Waals surface area contributed by atoms with E-state index >= 15 is 0 Å². The molecular formula is C20H25N7O. The van der Waals surface area contributed by atoms with Crippen LogP contribution in [-0.4, -0.2) is 52.8 Å². The van der Waals surface area contributed by atoms with Crippen LogP contribution in [0.2, 0.25) is 0 Å². The minimum Gasteiger partial charge on any atom is -0.378 e. The summed E-state index contributed by atoms with van der Waals surface area (Å²) in [6.07, 6.45) is 1.50. The lowest BCUT2D eigenvalue weighted by molar-refractivity contribution is 0.0955. The fraction of sp³-hybridized carbons (Fsp3) is 0.300. The quantitative estimate of drug-likeness (QED) is 0.612. The van der Waals surface area contributed by atoms with E-state index in [2.05, 4.69) is 25.7 Å². The Morgan fingerprint density at radius 3 is 2.46 bits per heavy atom. The van der Waals surface area contributed by atoms with Crippen LogP contribution in [0.3, 0.4) is 0 Å². The van der Waals surface area contributed by atoms with Crippen molar-refractivity contribution >= 4 is 17.4 Å². The summed E-state index contributed by atoms with van der Waals surface area (Å²) in [5.74, 6) is 1.29. The molecule has 2 N–H and O–H groups in total. The fourth-order valence-electron chi connectivity index (χ4n) is 2.80. The van der Waals surface area contributed by atoms with Crippen molar-refractivity contribution in [2.75, 3.05) is 37.4 Å². The van der Waals surface area contributed by atoms with Gasteiger partial charge in [-0.25, -0.2) is 14.6 Å². The first-order chi connectivity index (χ1) is 13.4. The lowest BCUT2D eigenvalue weighted by atomic mass is 10.2. The van der Waals surface area contributed by atoms with Crippen LogP contribution in [0.25, 0.3) is 5.82 Å². The van der Waals surface area contributed by atoms with Crippen molar-refractivity contribution in [3.05, 3.63) is 59.7 Å². The summed E-state index contributed by atoms with van der Waals surface area (Å²) < 4.78 is 1.78. The summed E-state index contributed by atoms with van der Waals surface area (Å²) in [6.45, 7) is 4.96. The molecule has 1 amide bonds. The van der Waals surface area contributed by atoms with E-state index in [0.717, 1.165) is 17.1 Å². The van der Waals surface area contributed by atoms with E-state index in [0.29, 0.717) is 30.3 Å². The molecule has 0 spiro atoms. The van der Waals surface area contributed by atoms with Crippen molar-refractivity contribution in [1.29, 1.82) is 0 Å². The molecule has 146 valence electrons. The summed E-state index contributed by atoms with van der Waals surface area (Å²) in [5.41, 5.74) is 3.64. The number of benzene rings is 1. The fourth-order valence-corrected chi connectivity index (χ4v) is 2.80. The molecule has 0 aliphatic heterocycles. The third-order valence-corrected chi connectivity index (χ3v) is 4.24. The lowest BCUT2D eigenvalue weighted by Gasteiger charge is -2.13. The van der Waals surface area contributed by atoms with Gasteiger partial charge in [-0.2, -0.15) is 5.10 Å². The molecule has 8 nitrogen and oxygen atoms in total. The Kier molecular flexibility index (Phi) is 5.88. The number of nitrogens with one attached hydrogen (secondary N) is 2. The average molecular weight is 379 g/mol. The normalized spacial score (nSPS) is 10.6. The maximum absolute atomic E-state index is 12.2. The third-order valence-electron chi connectivity index (χ3n) is 4.24. The SMILES string of the molecule is Cc1cc(C)n(-c2cc(NCCNC(=O)c3ccc(N(C)C)cc3)ncn2)n1. The molecule has 0 bridgehead atoms. The average Bonchev–Trinajstić information content (AvgIpc) is 3.03. The second kappa shape index (κ2) is 8.51. The van der Waals surface area contributed by atoms with Crippen LogP contribution in [0, 0.1) is 13.8 Å². The van der Waals surface area contributed by atoms with Gasteiger partial charge in [0.05, 0.1) is 5.69 Å². The third kappa shape index (κ3) is 4.64. The lowest BCUT2D eigenvalue weighted by Crippen LogP contribution is -2.29. The Bertz CT molecular complexity index is 947. The van der Waals surface area contributed by atoms with Crippen LogP contribution in [0.15, 0.2) is 42.7 Å². The van der Waals surface area contributed by atoms with Crippen LogP contribution in [0.4, 0.5) is 11.5 Å². The van der Waals surface area contributed by atoms with Crippen LogP contribution in [0.5, 0.6) is 0 Å². The molecule has 3 rings (SSSR count). The maximum atomic E-state index is 12.2. The van der Waals surface area contributed by atoms with Crippen molar-refractivity contribution in [1.82, 2.24) is 25.1 Å². The zero-order valence-corrected chi connectivity index (χ0v) is 16.6. The highest BCUT2D eigenvalue weighted by Gasteiger charge is 2.07. The number of nitrogens with zero attached hydrogens (tertiary/aromatic N) is 5. The van der Waals surface area contributed by atoms with Crippen molar-refractivity contribution in [2.45, 2.75) is 13.8 Å². The van der Waals surface area contributed by atoms with Crippen LogP contribution in [-0.2, 0) is 0 Å². The molecule has 0 saturated heterocycles. The largest absolute Gasteiger partial charge is 0.378 e. The number of anilines is 2. The highest BCUT2D eigenvalue weighted by molar-refractivity contribution is 5.94. The van der Waals surface area contributed by atoms with Crippen LogP contribution >= 0.6 is 0 Å². The number of hydrogen-bond donors (Lipinski definition) is 2. The number of carbonyl (C=O) groups excluding carboxylic acids is 1. The first-order valence-electron chi connectivity index (χ1n) is 9.09. The molecule has 0 fully saturated rings. The molecule has 8 heteroatoms. The highest BCUT2D eigenvalue weighted by Crippen LogP contribution is 2.13. The number of hydrogen-bond acceptors (Lipinski definition) is 6. The van der Waals surface area contributed by atoms with Gasteiger partial charge in [0.15, 0.2) is 5.82 Å². The van der Waals surface area contributed by atoms with Gasteiger partial charge >= 0.3 is 0 Å². The molecule has 3 aromatic rings. The number of aryl methyl sites for hydroxylation is 2. The van der Waals surface area contributed by atoms with Crippen LogP contribution < -0.4 is 15.5 Å². The maximum Gasteiger partial charge on any atom is 0.251 e. The van der Waals surface area contributed by atoms with Gasteiger partial charge in [0.1, 0.15) is 12.1 Å². The van der Waals surface area contributed by atoms with E-state index in [1.54, 1.807) is 4.68 Å². The molecule has 0 unspecified atom stereocenters. The Hall–Kier alpha value is -3.42. The summed E-state index contributed by atoms with van der Waals surface area (Å²) in [6, 6.07) is 11.3. The van der Waals surface area contributed by atoms with E-state index < -0.39 is 0 Å². The number of aromatic nitrogens is 4. The van der Waals surface area contributed by atoms with E-state index in [1.165, 1.54) is 6.33 Å². The molecule has 0 saturated carbocycles. The molecule has 1 aromatic carbocycles. The highest BCUT2D eigenvalue weighted by atomic mass is 16.1. The van der Waals surface area contributed by atoms with E-state index in [1.807, 2.05) is 69.2 Å². The van der Waals surface area contributed by atoms with Crippen LogP contribution in [0.1, 0.15) is 21.7 Å². The molecule has 0 atom stereocenters. The zero-order chi connectivity index (χ0) is 20.1. The number of rotatable bonds is 7.